The molecule has 0 aromatic heterocycles. The molecule has 0 spiro atoms. The molecular weight excluding hydrogens is 480 g/mol. The van der Waals surface area contributed by atoms with Gasteiger partial charge in [0.15, 0.2) is 24.6 Å². The van der Waals surface area contributed by atoms with E-state index in [9.17, 15) is 19.2 Å². The van der Waals surface area contributed by atoms with Crippen molar-refractivity contribution in [1.82, 2.24) is 0 Å². The van der Waals surface area contributed by atoms with Crippen molar-refractivity contribution in [2.75, 3.05) is 24.7 Å². The van der Waals surface area contributed by atoms with E-state index < -0.39 is 54.6 Å². The van der Waals surface area contributed by atoms with Gasteiger partial charge in [-0.15, -0.1) is 0 Å². The summed E-state index contributed by atoms with van der Waals surface area (Å²) in [5, 5.41) is 0. The lowest BCUT2D eigenvalue weighted by Crippen LogP contribution is -2.63. The van der Waals surface area contributed by atoms with Crippen molar-refractivity contribution in [3.63, 3.8) is 0 Å². The summed E-state index contributed by atoms with van der Waals surface area (Å²) in [6, 6.07) is 0. The zero-order chi connectivity index (χ0) is 26.2. The van der Waals surface area contributed by atoms with Gasteiger partial charge >= 0.3 is 23.9 Å². The highest BCUT2D eigenvalue weighted by atomic mass is 32.2. The second kappa shape index (κ2) is 17.6. The van der Waals surface area contributed by atoms with Crippen molar-refractivity contribution in [2.24, 2.45) is 0 Å². The van der Waals surface area contributed by atoms with Gasteiger partial charge < -0.3 is 28.4 Å². The minimum absolute atomic E-state index is 0.270. The molecule has 1 saturated heterocycles. The summed E-state index contributed by atoms with van der Waals surface area (Å²) in [6.45, 7) is 7.02. The predicted octanol–water partition coefficient (Wildman–Crippen LogP) is 3.18. The zero-order valence-electron chi connectivity index (χ0n) is 21.4. The van der Waals surface area contributed by atoms with Crippen LogP contribution in [0.15, 0.2) is 0 Å². The lowest BCUT2D eigenvalue weighted by molar-refractivity contribution is -0.308. The molecule has 0 bridgehead atoms. The molecule has 1 aliphatic rings. The second-order valence-electron chi connectivity index (χ2n) is 8.32. The summed E-state index contributed by atoms with van der Waals surface area (Å²) < 4.78 is 32.9. The standard InChI is InChI=1S/C24H40O10S/c1-6-7-13-35-14-11-9-8-10-12-29-24-23(33-19(5)28)22(32-18(4)27)21(31-17(3)26)20(34-24)15-30-16(2)25/h20-24H,6-15H2,1-5H3/t20?,21-,22+,23?,24-/m1/s1. The first-order valence-electron chi connectivity index (χ1n) is 12.2. The molecule has 0 aliphatic carbocycles. The number of hydrogen-bond donors (Lipinski definition) is 0. The minimum atomic E-state index is -1.21. The molecule has 0 saturated carbocycles. The fourth-order valence-corrected chi connectivity index (χ4v) is 4.64. The Morgan fingerprint density at radius 3 is 1.89 bits per heavy atom. The van der Waals surface area contributed by atoms with Crippen molar-refractivity contribution in [1.29, 1.82) is 0 Å². The average molecular weight is 521 g/mol. The maximum absolute atomic E-state index is 11.8. The highest BCUT2D eigenvalue weighted by molar-refractivity contribution is 7.99. The summed E-state index contributed by atoms with van der Waals surface area (Å²) in [5.41, 5.74) is 0. The Labute approximate surface area is 212 Å². The Bertz CT molecular complexity index is 671. The first-order chi connectivity index (χ1) is 16.6. The van der Waals surface area contributed by atoms with Crippen LogP contribution < -0.4 is 0 Å². The number of rotatable bonds is 16. The van der Waals surface area contributed by atoms with Gasteiger partial charge in [0, 0.05) is 34.3 Å². The molecule has 35 heavy (non-hydrogen) atoms. The van der Waals surface area contributed by atoms with Gasteiger partial charge in [-0.05, 0) is 30.8 Å². The summed E-state index contributed by atoms with van der Waals surface area (Å²) in [5.74, 6) is -0.217. The fourth-order valence-electron chi connectivity index (χ4n) is 3.53. The van der Waals surface area contributed by atoms with Gasteiger partial charge in [0.2, 0.25) is 0 Å². The predicted molar refractivity (Wildman–Crippen MR) is 129 cm³/mol. The number of carbonyl (C=O) groups is 4. The maximum atomic E-state index is 11.8. The van der Waals surface area contributed by atoms with E-state index in [0.29, 0.717) is 6.61 Å². The van der Waals surface area contributed by atoms with Gasteiger partial charge in [-0.1, -0.05) is 26.2 Å². The molecule has 1 aliphatic heterocycles. The van der Waals surface area contributed by atoms with Crippen LogP contribution in [0.1, 0.15) is 73.1 Å². The van der Waals surface area contributed by atoms with E-state index in [1.54, 1.807) is 0 Å². The quantitative estimate of drug-likeness (QED) is 0.169. The summed E-state index contributed by atoms with van der Waals surface area (Å²) >= 11 is 1.97. The molecule has 2 unspecified atom stereocenters. The molecule has 1 fully saturated rings. The van der Waals surface area contributed by atoms with Crippen molar-refractivity contribution < 1.29 is 47.6 Å². The van der Waals surface area contributed by atoms with Gasteiger partial charge in [-0.2, -0.15) is 11.8 Å². The van der Waals surface area contributed by atoms with Gasteiger partial charge in [0.1, 0.15) is 12.7 Å². The zero-order valence-corrected chi connectivity index (χ0v) is 22.3. The average Bonchev–Trinajstić information content (AvgIpc) is 2.76. The van der Waals surface area contributed by atoms with Gasteiger partial charge in [0.25, 0.3) is 0 Å². The number of ether oxygens (including phenoxy) is 6. The fraction of sp³-hybridized carbons (Fsp3) is 0.833. The first kappa shape index (κ1) is 31.2. The summed E-state index contributed by atoms with van der Waals surface area (Å²) in [6.07, 6.45) is 0.706. The number of esters is 4. The summed E-state index contributed by atoms with van der Waals surface area (Å²) in [4.78, 5) is 46.7. The van der Waals surface area contributed by atoms with Gasteiger partial charge in [-0.3, -0.25) is 19.2 Å². The molecule has 0 aromatic carbocycles. The Morgan fingerprint density at radius 1 is 0.714 bits per heavy atom. The number of carbonyl (C=O) groups excluding carboxylic acids is 4. The SMILES string of the molecule is CCCCSCCCCCCO[C@@H]1OC(COC(C)=O)[C@@H](OC(C)=O)[C@H](OC(C)=O)C1OC(C)=O. The van der Waals surface area contributed by atoms with Gasteiger partial charge in [-0.25, -0.2) is 0 Å². The molecule has 0 aromatic rings. The number of unbranched alkanes of at least 4 members (excludes halogenated alkanes) is 4. The molecule has 202 valence electrons. The van der Waals surface area contributed by atoms with Crippen LogP contribution in [0.4, 0.5) is 0 Å². The van der Waals surface area contributed by atoms with Crippen LogP contribution in [-0.4, -0.2) is 79.3 Å². The monoisotopic (exact) mass is 520 g/mol. The van der Waals surface area contributed by atoms with Gasteiger partial charge in [0.05, 0.1) is 0 Å². The molecule has 0 N–H and O–H groups in total. The van der Waals surface area contributed by atoms with E-state index in [2.05, 4.69) is 6.92 Å². The highest BCUT2D eigenvalue weighted by Crippen LogP contribution is 2.30. The molecule has 0 radical (unpaired) electrons. The van der Waals surface area contributed by atoms with Crippen LogP contribution >= 0.6 is 11.8 Å². The molecule has 10 nitrogen and oxygen atoms in total. The molecule has 5 atom stereocenters. The second-order valence-corrected chi connectivity index (χ2v) is 9.54. The van der Waals surface area contributed by atoms with Crippen molar-refractivity contribution >= 4 is 35.6 Å². The van der Waals surface area contributed by atoms with E-state index >= 15 is 0 Å². The first-order valence-corrected chi connectivity index (χ1v) is 13.3. The third kappa shape index (κ3) is 13.1. The van der Waals surface area contributed by atoms with Crippen LogP contribution in [-0.2, 0) is 47.6 Å². The third-order valence-electron chi connectivity index (χ3n) is 5.06. The Balaban J connectivity index is 2.83. The van der Waals surface area contributed by atoms with Crippen LogP contribution in [0, 0.1) is 0 Å². The Hall–Kier alpha value is -1.85. The smallest absolute Gasteiger partial charge is 0.303 e. The molecule has 0 amide bonds. The van der Waals surface area contributed by atoms with Crippen molar-refractivity contribution in [3.05, 3.63) is 0 Å². The van der Waals surface area contributed by atoms with Crippen LogP contribution in [0.5, 0.6) is 0 Å². The van der Waals surface area contributed by atoms with E-state index in [4.69, 9.17) is 28.4 Å². The summed E-state index contributed by atoms with van der Waals surface area (Å²) in [7, 11) is 0. The van der Waals surface area contributed by atoms with E-state index in [1.807, 2.05) is 11.8 Å². The normalized spacial score (nSPS) is 23.9. The van der Waals surface area contributed by atoms with E-state index in [-0.39, 0.29) is 6.61 Å². The number of hydrogen-bond acceptors (Lipinski definition) is 11. The number of thioether (sulfide) groups is 1. The largest absolute Gasteiger partial charge is 0.463 e. The van der Waals surface area contributed by atoms with Crippen LogP contribution in [0.2, 0.25) is 0 Å². The highest BCUT2D eigenvalue weighted by Gasteiger charge is 2.52. The minimum Gasteiger partial charge on any atom is -0.463 e. The topological polar surface area (TPSA) is 124 Å². The lowest BCUT2D eigenvalue weighted by Gasteiger charge is -2.44. The van der Waals surface area contributed by atoms with Crippen LogP contribution in [0.3, 0.4) is 0 Å². The maximum Gasteiger partial charge on any atom is 0.303 e. The van der Waals surface area contributed by atoms with E-state index in [1.165, 1.54) is 46.3 Å². The Kier molecular flexibility index (Phi) is 15.6. The molecule has 1 heterocycles. The van der Waals surface area contributed by atoms with Crippen molar-refractivity contribution in [2.45, 2.75) is 104 Å². The Morgan fingerprint density at radius 2 is 1.29 bits per heavy atom. The van der Waals surface area contributed by atoms with Crippen molar-refractivity contribution in [3.8, 4) is 0 Å². The molecule has 1 rings (SSSR count). The third-order valence-corrected chi connectivity index (χ3v) is 6.21. The van der Waals surface area contributed by atoms with E-state index in [0.717, 1.165) is 31.4 Å². The lowest BCUT2D eigenvalue weighted by atomic mass is 9.98. The molecule has 11 heteroatoms. The molecular formula is C24H40O10S. The van der Waals surface area contributed by atoms with Crippen LogP contribution in [0.25, 0.3) is 0 Å².